The van der Waals surface area contributed by atoms with Crippen molar-refractivity contribution in [2.75, 3.05) is 26.7 Å². The minimum atomic E-state index is 0.353. The Balaban J connectivity index is 2.46. The van der Waals surface area contributed by atoms with E-state index >= 15 is 0 Å². The Morgan fingerprint density at radius 3 is 2.56 bits per heavy atom. The Kier molecular flexibility index (Phi) is 6.76. The summed E-state index contributed by atoms with van der Waals surface area (Å²) in [4.78, 5) is 2.44. The van der Waals surface area contributed by atoms with Crippen LogP contribution in [0.4, 0.5) is 0 Å². The van der Waals surface area contributed by atoms with Crippen LogP contribution in [0.2, 0.25) is 0 Å². The molecule has 1 atom stereocenters. The summed E-state index contributed by atoms with van der Waals surface area (Å²) in [5, 5.41) is 12.8. The Morgan fingerprint density at radius 2 is 2.00 bits per heavy atom. The van der Waals surface area contributed by atoms with Crippen LogP contribution >= 0.6 is 0 Å². The maximum absolute atomic E-state index is 9.46. The zero-order chi connectivity index (χ0) is 13.4. The summed E-state index contributed by atoms with van der Waals surface area (Å²) in [6.07, 6.45) is 2.10. The lowest BCUT2D eigenvalue weighted by Crippen LogP contribution is -2.33. The first-order valence-corrected chi connectivity index (χ1v) is 6.87. The number of phenols is 1. The van der Waals surface area contributed by atoms with Crippen molar-refractivity contribution in [3.63, 3.8) is 0 Å². The van der Waals surface area contributed by atoms with E-state index in [4.69, 9.17) is 0 Å². The fourth-order valence-corrected chi connectivity index (χ4v) is 2.19. The van der Waals surface area contributed by atoms with Crippen molar-refractivity contribution in [3.05, 3.63) is 29.8 Å². The molecule has 1 rings (SSSR count). The normalized spacial score (nSPS) is 12.9. The smallest absolute Gasteiger partial charge is 0.115 e. The molecule has 3 nitrogen and oxygen atoms in total. The van der Waals surface area contributed by atoms with Gasteiger partial charge in [0.15, 0.2) is 0 Å². The molecule has 2 N–H and O–H groups in total. The number of likely N-dealkylation sites (N-methyl/N-ethyl adjacent to an activating group) is 1. The summed E-state index contributed by atoms with van der Waals surface area (Å²) in [7, 11) is 2.01. The van der Waals surface area contributed by atoms with Gasteiger partial charge in [-0.1, -0.05) is 26.0 Å². The lowest BCUT2D eigenvalue weighted by Gasteiger charge is -2.22. The number of hydrogen-bond donors (Lipinski definition) is 2. The Morgan fingerprint density at radius 1 is 1.28 bits per heavy atom. The van der Waals surface area contributed by atoms with Gasteiger partial charge in [0.2, 0.25) is 0 Å². The van der Waals surface area contributed by atoms with Crippen molar-refractivity contribution in [1.29, 1.82) is 0 Å². The van der Waals surface area contributed by atoms with Crippen molar-refractivity contribution in [3.8, 4) is 5.75 Å². The van der Waals surface area contributed by atoms with Crippen LogP contribution in [0.25, 0.3) is 0 Å². The van der Waals surface area contributed by atoms with Gasteiger partial charge in [0.1, 0.15) is 5.75 Å². The molecule has 0 heterocycles. The van der Waals surface area contributed by atoms with E-state index < -0.39 is 0 Å². The van der Waals surface area contributed by atoms with Crippen molar-refractivity contribution in [2.24, 2.45) is 0 Å². The summed E-state index contributed by atoms with van der Waals surface area (Å²) in [5.74, 6) is 0.353. The van der Waals surface area contributed by atoms with E-state index in [1.165, 1.54) is 5.56 Å². The third-order valence-electron chi connectivity index (χ3n) is 3.49. The van der Waals surface area contributed by atoms with Crippen molar-refractivity contribution in [1.82, 2.24) is 10.2 Å². The molecule has 0 radical (unpaired) electrons. The second-order valence-electron chi connectivity index (χ2n) is 4.68. The average molecular weight is 250 g/mol. The molecule has 1 aromatic rings. The van der Waals surface area contributed by atoms with Crippen LogP contribution in [0.5, 0.6) is 5.75 Å². The van der Waals surface area contributed by atoms with Crippen LogP contribution in [-0.4, -0.2) is 42.7 Å². The van der Waals surface area contributed by atoms with E-state index in [0.717, 1.165) is 32.5 Å². The molecule has 0 saturated carbocycles. The molecule has 0 bridgehead atoms. The lowest BCUT2D eigenvalue weighted by atomic mass is 10.0. The molecule has 0 fully saturated rings. The van der Waals surface area contributed by atoms with Gasteiger partial charge in [0.25, 0.3) is 0 Å². The number of aromatic hydroxyl groups is 1. The molecule has 102 valence electrons. The second kappa shape index (κ2) is 8.11. The third-order valence-corrected chi connectivity index (χ3v) is 3.49. The van der Waals surface area contributed by atoms with Crippen molar-refractivity contribution >= 4 is 0 Å². The molecular formula is C15H26N2O. The van der Waals surface area contributed by atoms with E-state index in [1.54, 1.807) is 6.07 Å². The van der Waals surface area contributed by atoms with E-state index in [1.807, 2.05) is 19.2 Å². The van der Waals surface area contributed by atoms with Crippen LogP contribution in [0.15, 0.2) is 24.3 Å². The van der Waals surface area contributed by atoms with E-state index in [-0.39, 0.29) is 0 Å². The van der Waals surface area contributed by atoms with Gasteiger partial charge in [-0.3, -0.25) is 0 Å². The van der Waals surface area contributed by atoms with Crippen LogP contribution in [-0.2, 0) is 6.42 Å². The first-order chi connectivity index (χ1) is 8.69. The molecule has 3 heteroatoms. The number of hydrogen-bond acceptors (Lipinski definition) is 3. The van der Waals surface area contributed by atoms with Gasteiger partial charge >= 0.3 is 0 Å². The molecule has 18 heavy (non-hydrogen) atoms. The summed E-state index contributed by atoms with van der Waals surface area (Å²) in [5.41, 5.74) is 1.19. The van der Waals surface area contributed by atoms with E-state index in [9.17, 15) is 5.11 Å². The van der Waals surface area contributed by atoms with Gasteiger partial charge in [0, 0.05) is 6.04 Å². The number of phenolic OH excluding ortho intramolecular Hbond substituents is 1. The Bertz CT molecular complexity index is 337. The zero-order valence-electron chi connectivity index (χ0n) is 11.8. The van der Waals surface area contributed by atoms with Gasteiger partial charge in [-0.25, -0.2) is 0 Å². The molecule has 1 unspecified atom stereocenters. The first-order valence-electron chi connectivity index (χ1n) is 6.87. The number of benzene rings is 1. The summed E-state index contributed by atoms with van der Waals surface area (Å²) >= 11 is 0. The van der Waals surface area contributed by atoms with Crippen LogP contribution in [0, 0.1) is 0 Å². The lowest BCUT2D eigenvalue weighted by molar-refractivity contribution is 0.283. The molecule has 0 aliphatic heterocycles. The minimum absolute atomic E-state index is 0.353. The largest absolute Gasteiger partial charge is 0.508 e. The van der Waals surface area contributed by atoms with Gasteiger partial charge < -0.3 is 15.3 Å². The number of nitrogens with zero attached hydrogens (tertiary/aromatic N) is 1. The highest BCUT2D eigenvalue weighted by Crippen LogP contribution is 2.13. The number of nitrogens with one attached hydrogen (secondary N) is 1. The van der Waals surface area contributed by atoms with Gasteiger partial charge in [-0.15, -0.1) is 0 Å². The molecule has 0 aromatic heterocycles. The third kappa shape index (κ3) is 5.07. The van der Waals surface area contributed by atoms with Crippen molar-refractivity contribution < 1.29 is 5.11 Å². The van der Waals surface area contributed by atoms with Crippen LogP contribution in [0.1, 0.15) is 25.8 Å². The number of rotatable bonds is 8. The molecule has 0 aliphatic rings. The monoisotopic (exact) mass is 250 g/mol. The van der Waals surface area contributed by atoms with E-state index in [0.29, 0.717) is 11.8 Å². The Hall–Kier alpha value is -1.06. The van der Waals surface area contributed by atoms with Gasteiger partial charge in [-0.05, 0) is 57.2 Å². The molecule has 0 saturated heterocycles. The fourth-order valence-electron chi connectivity index (χ4n) is 2.19. The highest BCUT2D eigenvalue weighted by atomic mass is 16.3. The predicted molar refractivity (Wildman–Crippen MR) is 77.1 cm³/mol. The topological polar surface area (TPSA) is 35.5 Å². The fraction of sp³-hybridized carbons (Fsp3) is 0.600. The minimum Gasteiger partial charge on any atom is -0.508 e. The predicted octanol–water partition coefficient (Wildman–Crippen LogP) is 2.25. The molecular weight excluding hydrogens is 224 g/mol. The van der Waals surface area contributed by atoms with Crippen LogP contribution < -0.4 is 5.32 Å². The first kappa shape index (κ1) is 15.0. The standard InChI is InChI=1S/C15H26N2O/c1-4-17(5-2)10-9-14(16-3)11-13-7-6-8-15(18)12-13/h6-8,12,14,16,18H,4-5,9-11H2,1-3H3. The SMILES string of the molecule is CCN(CC)CCC(Cc1cccc(O)c1)NC. The maximum Gasteiger partial charge on any atom is 0.115 e. The zero-order valence-corrected chi connectivity index (χ0v) is 11.8. The Labute approximate surface area is 111 Å². The van der Waals surface area contributed by atoms with Gasteiger partial charge in [0.05, 0.1) is 0 Å². The van der Waals surface area contributed by atoms with Crippen LogP contribution in [0.3, 0.4) is 0 Å². The molecule has 0 spiro atoms. The average Bonchev–Trinajstić information content (AvgIpc) is 2.38. The summed E-state index contributed by atoms with van der Waals surface area (Å²) in [6, 6.07) is 8.01. The second-order valence-corrected chi connectivity index (χ2v) is 4.68. The quantitative estimate of drug-likeness (QED) is 0.743. The highest BCUT2D eigenvalue weighted by Gasteiger charge is 2.09. The summed E-state index contributed by atoms with van der Waals surface area (Å²) in [6.45, 7) is 7.75. The summed E-state index contributed by atoms with van der Waals surface area (Å²) < 4.78 is 0. The van der Waals surface area contributed by atoms with Gasteiger partial charge in [-0.2, -0.15) is 0 Å². The highest BCUT2D eigenvalue weighted by molar-refractivity contribution is 5.27. The van der Waals surface area contributed by atoms with E-state index in [2.05, 4.69) is 30.1 Å². The molecule has 0 amide bonds. The molecule has 1 aromatic carbocycles. The maximum atomic E-state index is 9.46. The molecule has 0 aliphatic carbocycles. The van der Waals surface area contributed by atoms with Crippen molar-refractivity contribution in [2.45, 2.75) is 32.7 Å².